The van der Waals surface area contributed by atoms with E-state index >= 15 is 0 Å². The molecular formula is C30H30N2O7S. The zero-order valence-electron chi connectivity index (χ0n) is 22.5. The van der Waals surface area contributed by atoms with Crippen molar-refractivity contribution in [1.82, 2.24) is 4.98 Å². The van der Waals surface area contributed by atoms with Gasteiger partial charge in [0.2, 0.25) is 0 Å². The molecule has 0 spiro atoms. The minimum absolute atomic E-state index is 0.0161. The van der Waals surface area contributed by atoms with Crippen LogP contribution in [0.5, 0.6) is 11.5 Å². The van der Waals surface area contributed by atoms with E-state index < -0.39 is 23.7 Å². The molecule has 3 aromatic rings. The smallest absolute Gasteiger partial charge is 0.350 e. The summed E-state index contributed by atoms with van der Waals surface area (Å²) >= 11 is 0.931. The van der Waals surface area contributed by atoms with Crippen LogP contribution in [0, 0.1) is 6.92 Å². The second-order valence-electron chi connectivity index (χ2n) is 8.97. The summed E-state index contributed by atoms with van der Waals surface area (Å²) < 4.78 is 16.2. The second kappa shape index (κ2) is 12.6. The van der Waals surface area contributed by atoms with Crippen LogP contribution in [0.3, 0.4) is 0 Å². The normalized spacial score (nSPS) is 16.2. The molecule has 0 unspecified atom stereocenters. The summed E-state index contributed by atoms with van der Waals surface area (Å²) in [6.45, 7) is 7.81. The Morgan fingerprint density at radius 1 is 1.18 bits per heavy atom. The lowest BCUT2D eigenvalue weighted by atomic mass is 9.95. The molecule has 4 rings (SSSR count). The van der Waals surface area contributed by atoms with Crippen LogP contribution < -0.4 is 14.4 Å². The van der Waals surface area contributed by atoms with Crippen molar-refractivity contribution in [2.45, 2.75) is 32.7 Å². The van der Waals surface area contributed by atoms with Crippen LogP contribution in [0.15, 0.2) is 66.8 Å². The molecule has 10 heteroatoms. The Kier molecular flexibility index (Phi) is 9.00. The number of hydrogen-bond acceptors (Lipinski definition) is 9. The van der Waals surface area contributed by atoms with Gasteiger partial charge in [-0.15, -0.1) is 0 Å². The Hall–Kier alpha value is -4.44. The summed E-state index contributed by atoms with van der Waals surface area (Å²) in [6, 6.07) is 12.5. The van der Waals surface area contributed by atoms with Crippen LogP contribution in [-0.2, 0) is 14.3 Å². The monoisotopic (exact) mass is 562 g/mol. The number of hydrogen-bond donors (Lipinski definition) is 1. The number of Topliss-reactive ketones (excluding diaryl/α,β-unsaturated/α-hetero) is 1. The summed E-state index contributed by atoms with van der Waals surface area (Å²) in [5.41, 5.74) is 1.10. The maximum Gasteiger partial charge on any atom is 0.350 e. The largest absolute Gasteiger partial charge is 0.507 e. The van der Waals surface area contributed by atoms with E-state index in [0.717, 1.165) is 24.2 Å². The van der Waals surface area contributed by atoms with Gasteiger partial charge in [-0.2, -0.15) is 0 Å². The maximum atomic E-state index is 13.5. The molecule has 1 aliphatic heterocycles. The van der Waals surface area contributed by atoms with Crippen molar-refractivity contribution >= 4 is 39.9 Å². The number of aliphatic hydroxyl groups is 1. The van der Waals surface area contributed by atoms with E-state index in [2.05, 4.69) is 18.5 Å². The lowest BCUT2D eigenvalue weighted by Crippen LogP contribution is -2.29. The molecule has 0 radical (unpaired) electrons. The van der Waals surface area contributed by atoms with Gasteiger partial charge in [0.05, 0.1) is 31.0 Å². The lowest BCUT2D eigenvalue weighted by molar-refractivity contribution is -0.132. The van der Waals surface area contributed by atoms with Crippen LogP contribution in [0.1, 0.15) is 52.3 Å². The van der Waals surface area contributed by atoms with Crippen molar-refractivity contribution < 1.29 is 33.7 Å². The zero-order valence-corrected chi connectivity index (χ0v) is 23.3. The highest BCUT2D eigenvalue weighted by atomic mass is 32.1. The first-order chi connectivity index (χ1) is 19.3. The predicted molar refractivity (Wildman–Crippen MR) is 152 cm³/mol. The Bertz CT molecular complexity index is 1460. The van der Waals surface area contributed by atoms with Crippen LogP contribution >= 0.6 is 11.3 Å². The number of unbranched alkanes of at least 4 members (excludes halogenated alkanes) is 1. The number of methoxy groups -OCH3 is 1. The number of carbonyl (C=O) groups excluding carboxylic acids is 3. The van der Waals surface area contributed by atoms with E-state index in [9.17, 15) is 19.5 Å². The molecule has 1 N–H and O–H groups in total. The minimum atomic E-state index is -1.03. The lowest BCUT2D eigenvalue weighted by Gasteiger charge is -2.23. The van der Waals surface area contributed by atoms with Gasteiger partial charge in [-0.25, -0.2) is 9.78 Å². The molecule has 0 bridgehead atoms. The van der Waals surface area contributed by atoms with Crippen molar-refractivity contribution in [3.63, 3.8) is 0 Å². The van der Waals surface area contributed by atoms with Crippen molar-refractivity contribution in [3.05, 3.63) is 88.5 Å². The first-order valence-electron chi connectivity index (χ1n) is 12.7. The molecule has 1 saturated heterocycles. The number of aryl methyl sites for hydroxylation is 1. The number of benzene rings is 2. The van der Waals surface area contributed by atoms with E-state index in [1.807, 2.05) is 0 Å². The highest BCUT2D eigenvalue weighted by molar-refractivity contribution is 7.17. The summed E-state index contributed by atoms with van der Waals surface area (Å²) in [4.78, 5) is 45.3. The molecular weight excluding hydrogens is 532 g/mol. The number of aliphatic hydroxyl groups excluding tert-OH is 1. The molecule has 1 atom stereocenters. The summed E-state index contributed by atoms with van der Waals surface area (Å²) in [5.74, 6) is -1.58. The molecule has 1 aromatic heterocycles. The third kappa shape index (κ3) is 5.76. The van der Waals surface area contributed by atoms with Gasteiger partial charge in [0.15, 0.2) is 5.13 Å². The van der Waals surface area contributed by atoms with Gasteiger partial charge in [-0.1, -0.05) is 49.5 Å². The number of aromatic nitrogens is 1. The number of ether oxygens (including phenoxy) is 3. The average Bonchev–Trinajstić information content (AvgIpc) is 3.48. The van der Waals surface area contributed by atoms with Crippen LogP contribution in [0.4, 0.5) is 5.13 Å². The highest BCUT2D eigenvalue weighted by Gasteiger charge is 2.48. The average molecular weight is 563 g/mol. The number of nitrogens with zero attached hydrogens (tertiary/aromatic N) is 2. The van der Waals surface area contributed by atoms with Gasteiger partial charge >= 0.3 is 11.9 Å². The zero-order chi connectivity index (χ0) is 28.8. The van der Waals surface area contributed by atoms with E-state index in [4.69, 9.17) is 14.2 Å². The molecule has 2 aromatic carbocycles. The highest BCUT2D eigenvalue weighted by Crippen LogP contribution is 2.44. The second-order valence-corrected chi connectivity index (χ2v) is 9.95. The summed E-state index contributed by atoms with van der Waals surface area (Å²) in [7, 11) is 1.51. The van der Waals surface area contributed by atoms with E-state index in [1.54, 1.807) is 55.5 Å². The third-order valence-electron chi connectivity index (χ3n) is 6.26. The third-order valence-corrected chi connectivity index (χ3v) is 7.39. The molecule has 1 aliphatic rings. The van der Waals surface area contributed by atoms with Gasteiger partial charge < -0.3 is 19.3 Å². The van der Waals surface area contributed by atoms with Gasteiger partial charge in [0.1, 0.15) is 28.7 Å². The quantitative estimate of drug-likeness (QED) is 0.0801. The predicted octanol–water partition coefficient (Wildman–Crippen LogP) is 5.61. The molecule has 208 valence electrons. The Labute approximate surface area is 236 Å². The standard InChI is InChI=1S/C30H30N2O7S/c1-5-7-16-38-21-13-11-19(12-14-21)25(33)23-24(20-9-8-10-22(17-20)37-4)32(28(35)26(23)34)30-31-18(3)27(40-30)29(36)39-15-6-2/h6,8-14,17,24,33H,2,5,7,15-16H2,1,3-4H3/t24-/m0/s1. The first-order valence-corrected chi connectivity index (χ1v) is 13.6. The fraction of sp³-hybridized carbons (Fsp3) is 0.267. The molecule has 0 saturated carbocycles. The molecule has 1 fully saturated rings. The Balaban J connectivity index is 1.81. The van der Waals surface area contributed by atoms with E-state index in [1.165, 1.54) is 18.1 Å². The number of anilines is 1. The minimum Gasteiger partial charge on any atom is -0.507 e. The maximum absolute atomic E-state index is 13.5. The number of amides is 1. The number of ketones is 1. The fourth-order valence-corrected chi connectivity index (χ4v) is 5.22. The van der Waals surface area contributed by atoms with Crippen molar-refractivity contribution in [2.24, 2.45) is 0 Å². The van der Waals surface area contributed by atoms with E-state index in [0.29, 0.717) is 34.9 Å². The van der Waals surface area contributed by atoms with E-state index in [-0.39, 0.29) is 27.9 Å². The number of thiazole rings is 1. The van der Waals surface area contributed by atoms with Gasteiger partial charge in [-0.3, -0.25) is 14.5 Å². The van der Waals surface area contributed by atoms with Crippen molar-refractivity contribution in [2.75, 3.05) is 25.2 Å². The Morgan fingerprint density at radius 3 is 2.60 bits per heavy atom. The van der Waals surface area contributed by atoms with Gasteiger partial charge in [0, 0.05) is 5.56 Å². The SMILES string of the molecule is C=CCOC(=O)c1sc(N2C(=O)C(=O)C(=C(O)c3ccc(OCCCC)cc3)[C@@H]2c2cccc(OC)c2)nc1C. The fourth-order valence-electron chi connectivity index (χ4n) is 4.23. The van der Waals surface area contributed by atoms with Crippen molar-refractivity contribution in [1.29, 1.82) is 0 Å². The van der Waals surface area contributed by atoms with Crippen LogP contribution in [0.25, 0.3) is 5.76 Å². The van der Waals surface area contributed by atoms with Crippen LogP contribution in [-0.4, -0.2) is 48.1 Å². The topological polar surface area (TPSA) is 115 Å². The van der Waals surface area contributed by atoms with Gasteiger partial charge in [0.25, 0.3) is 5.78 Å². The number of esters is 1. The van der Waals surface area contributed by atoms with Gasteiger partial charge in [-0.05, 0) is 55.3 Å². The summed E-state index contributed by atoms with van der Waals surface area (Å²) in [5, 5.41) is 11.5. The van der Waals surface area contributed by atoms with Crippen LogP contribution in [0.2, 0.25) is 0 Å². The Morgan fingerprint density at radius 2 is 1.93 bits per heavy atom. The first kappa shape index (κ1) is 28.6. The summed E-state index contributed by atoms with van der Waals surface area (Å²) in [6.07, 6.45) is 3.36. The molecule has 1 amide bonds. The molecule has 9 nitrogen and oxygen atoms in total. The molecule has 0 aliphatic carbocycles. The number of rotatable bonds is 11. The molecule has 40 heavy (non-hydrogen) atoms. The van der Waals surface area contributed by atoms with Crippen molar-refractivity contribution in [3.8, 4) is 11.5 Å². The molecule has 2 heterocycles. The number of carbonyl (C=O) groups is 3.